The van der Waals surface area contributed by atoms with Gasteiger partial charge in [0, 0.05) is 47.6 Å². The van der Waals surface area contributed by atoms with Crippen molar-refractivity contribution in [2.24, 2.45) is 0 Å². The number of rotatable bonds is 4. The number of nitrogens with zero attached hydrogens (tertiary/aromatic N) is 3. The van der Waals surface area contributed by atoms with Gasteiger partial charge in [0.25, 0.3) is 0 Å². The second-order valence-electron chi connectivity index (χ2n) is 8.72. The summed E-state index contributed by atoms with van der Waals surface area (Å²) in [6, 6.07) is 10.4. The molecule has 0 unspecified atom stereocenters. The van der Waals surface area contributed by atoms with E-state index in [2.05, 4.69) is 49.1 Å². The molecule has 1 saturated carbocycles. The molecule has 6 nitrogen and oxygen atoms in total. The van der Waals surface area contributed by atoms with Crippen LogP contribution in [0.5, 0.6) is 0 Å². The van der Waals surface area contributed by atoms with Gasteiger partial charge in [-0.2, -0.15) is 0 Å². The third-order valence-electron chi connectivity index (χ3n) is 6.31. The molecule has 3 heterocycles. The molecule has 1 fully saturated rings. The van der Waals surface area contributed by atoms with Crippen molar-refractivity contribution in [3.05, 3.63) is 41.7 Å². The van der Waals surface area contributed by atoms with Gasteiger partial charge in [0.15, 0.2) is 5.65 Å². The summed E-state index contributed by atoms with van der Waals surface area (Å²) < 4.78 is 26.9. The van der Waals surface area contributed by atoms with E-state index >= 15 is 0 Å². The fraction of sp³-hybridized carbons (Fsp3) is 0.391. The highest BCUT2D eigenvalue weighted by Crippen LogP contribution is 2.35. The average molecular weight is 424 g/mol. The first-order chi connectivity index (χ1) is 14.8. The molecule has 31 heavy (non-hydrogen) atoms. The number of hydrogen-bond acceptors (Lipinski definition) is 4. The largest absolute Gasteiger partial charge is 0.384 e. The SMILES string of the molecule is Cc1nc2c(-c3cc4cc(CN(C)C5CCC(F)(F)CC5)ccc4[nH]3)cc(N)nc2[nH]1. The van der Waals surface area contributed by atoms with E-state index in [-0.39, 0.29) is 18.9 Å². The number of halogens is 2. The lowest BCUT2D eigenvalue weighted by Crippen LogP contribution is -2.38. The number of benzene rings is 1. The summed E-state index contributed by atoms with van der Waals surface area (Å²) in [6.07, 6.45) is 1.06. The van der Waals surface area contributed by atoms with Gasteiger partial charge in [0.1, 0.15) is 17.2 Å². The number of nitrogens with two attached hydrogens (primary N) is 1. The van der Waals surface area contributed by atoms with Crippen molar-refractivity contribution in [2.45, 2.75) is 51.1 Å². The molecule has 1 aliphatic rings. The number of nitrogen functional groups attached to an aromatic ring is 1. The molecule has 0 spiro atoms. The standard InChI is InChI=1S/C23H26F2N6/c1-13-27-21-17(11-20(26)30-22(21)28-13)19-10-15-9-14(3-4-18(15)29-19)12-31(2)16-5-7-23(24,25)8-6-16/h3-4,9-11,16,29H,5-8,12H2,1-2H3,(H3,26,27,28,30). The Hall–Kier alpha value is -3.00. The number of aryl methyl sites for hydroxylation is 1. The van der Waals surface area contributed by atoms with Crippen LogP contribution in [0.1, 0.15) is 37.1 Å². The van der Waals surface area contributed by atoms with Crippen LogP contribution in [0.15, 0.2) is 30.3 Å². The summed E-state index contributed by atoms with van der Waals surface area (Å²) in [5, 5.41) is 1.09. The zero-order chi connectivity index (χ0) is 21.8. The molecule has 8 heteroatoms. The highest BCUT2D eigenvalue weighted by molar-refractivity contribution is 5.95. The fourth-order valence-corrected chi connectivity index (χ4v) is 4.64. The first-order valence-corrected chi connectivity index (χ1v) is 10.6. The van der Waals surface area contributed by atoms with E-state index in [1.165, 1.54) is 0 Å². The summed E-state index contributed by atoms with van der Waals surface area (Å²) in [5.41, 5.74) is 11.5. The minimum absolute atomic E-state index is 0.0155. The summed E-state index contributed by atoms with van der Waals surface area (Å²) in [6.45, 7) is 2.63. The monoisotopic (exact) mass is 424 g/mol. The molecule has 4 aromatic rings. The van der Waals surface area contributed by atoms with Crippen LogP contribution in [0.25, 0.3) is 33.3 Å². The number of anilines is 1. The van der Waals surface area contributed by atoms with Crippen LogP contribution in [0, 0.1) is 6.92 Å². The fourth-order valence-electron chi connectivity index (χ4n) is 4.64. The van der Waals surface area contributed by atoms with Crippen LogP contribution in [0.2, 0.25) is 0 Å². The van der Waals surface area contributed by atoms with E-state index in [4.69, 9.17) is 5.73 Å². The lowest BCUT2D eigenvalue weighted by Gasteiger charge is -2.34. The van der Waals surface area contributed by atoms with Crippen molar-refractivity contribution in [3.8, 4) is 11.3 Å². The summed E-state index contributed by atoms with van der Waals surface area (Å²) >= 11 is 0. The Morgan fingerprint density at radius 2 is 1.90 bits per heavy atom. The van der Waals surface area contributed by atoms with Crippen molar-refractivity contribution in [3.63, 3.8) is 0 Å². The molecule has 1 aliphatic carbocycles. The summed E-state index contributed by atoms with van der Waals surface area (Å²) in [4.78, 5) is 17.7. The van der Waals surface area contributed by atoms with Crippen molar-refractivity contribution in [2.75, 3.05) is 12.8 Å². The molecule has 1 aromatic carbocycles. The first-order valence-electron chi connectivity index (χ1n) is 10.6. The molecule has 0 atom stereocenters. The molecule has 0 bridgehead atoms. The molecular weight excluding hydrogens is 398 g/mol. The van der Waals surface area contributed by atoms with Crippen molar-refractivity contribution in [1.29, 1.82) is 0 Å². The molecule has 3 aromatic heterocycles. The number of H-pyrrole nitrogens is 2. The predicted molar refractivity (Wildman–Crippen MR) is 119 cm³/mol. The van der Waals surface area contributed by atoms with E-state index < -0.39 is 5.92 Å². The number of aromatic amines is 2. The van der Waals surface area contributed by atoms with Crippen LogP contribution in [0.3, 0.4) is 0 Å². The van der Waals surface area contributed by atoms with Crippen molar-refractivity contribution in [1.82, 2.24) is 24.8 Å². The van der Waals surface area contributed by atoms with Crippen molar-refractivity contribution >= 4 is 27.9 Å². The van der Waals surface area contributed by atoms with Gasteiger partial charge in [0.2, 0.25) is 5.92 Å². The number of aromatic nitrogens is 4. The number of fused-ring (bicyclic) bond motifs is 2. The Labute approximate surface area is 178 Å². The number of imidazole rings is 1. The maximum Gasteiger partial charge on any atom is 0.248 e. The van der Waals surface area contributed by atoms with Crippen LogP contribution in [-0.4, -0.2) is 43.8 Å². The highest BCUT2D eigenvalue weighted by atomic mass is 19.3. The normalized spacial score (nSPS) is 17.2. The maximum absolute atomic E-state index is 13.5. The Morgan fingerprint density at radius 1 is 1.13 bits per heavy atom. The van der Waals surface area contributed by atoms with Crippen LogP contribution < -0.4 is 5.73 Å². The Bertz CT molecular complexity index is 1250. The lowest BCUT2D eigenvalue weighted by atomic mass is 9.91. The number of alkyl halides is 2. The summed E-state index contributed by atoms with van der Waals surface area (Å²) in [7, 11) is 2.03. The molecule has 4 N–H and O–H groups in total. The molecular formula is C23H26F2N6. The van der Waals surface area contributed by atoms with Gasteiger partial charge in [-0.1, -0.05) is 6.07 Å². The number of nitrogens with one attached hydrogen (secondary N) is 2. The predicted octanol–water partition coefficient (Wildman–Crippen LogP) is 5.01. The topological polar surface area (TPSA) is 86.6 Å². The second kappa shape index (κ2) is 7.30. The molecule has 0 saturated heterocycles. The quantitative estimate of drug-likeness (QED) is 0.430. The van der Waals surface area contributed by atoms with Gasteiger partial charge in [-0.15, -0.1) is 0 Å². The van der Waals surface area contributed by atoms with Gasteiger partial charge in [-0.05, 0) is 56.6 Å². The number of hydrogen-bond donors (Lipinski definition) is 3. The lowest BCUT2D eigenvalue weighted by molar-refractivity contribution is -0.0519. The van der Waals surface area contributed by atoms with Crippen LogP contribution in [0.4, 0.5) is 14.6 Å². The minimum Gasteiger partial charge on any atom is -0.384 e. The van der Waals surface area contributed by atoms with Gasteiger partial charge >= 0.3 is 0 Å². The molecule has 0 amide bonds. The zero-order valence-corrected chi connectivity index (χ0v) is 17.7. The molecule has 5 rings (SSSR count). The molecule has 0 radical (unpaired) electrons. The Balaban J connectivity index is 1.41. The maximum atomic E-state index is 13.5. The van der Waals surface area contributed by atoms with E-state index in [1.54, 1.807) is 0 Å². The third kappa shape index (κ3) is 3.87. The van der Waals surface area contributed by atoms with Gasteiger partial charge in [0.05, 0.1) is 0 Å². The number of pyridine rings is 1. The van der Waals surface area contributed by atoms with E-state index in [0.29, 0.717) is 24.3 Å². The Morgan fingerprint density at radius 3 is 2.68 bits per heavy atom. The smallest absolute Gasteiger partial charge is 0.248 e. The minimum atomic E-state index is -2.49. The van der Waals surface area contributed by atoms with Crippen LogP contribution in [-0.2, 0) is 6.54 Å². The highest BCUT2D eigenvalue weighted by Gasteiger charge is 2.36. The van der Waals surface area contributed by atoms with Crippen LogP contribution >= 0.6 is 0 Å². The van der Waals surface area contributed by atoms with E-state index in [9.17, 15) is 8.78 Å². The van der Waals surface area contributed by atoms with Gasteiger partial charge < -0.3 is 15.7 Å². The van der Waals surface area contributed by atoms with Gasteiger partial charge in [-0.25, -0.2) is 18.7 Å². The van der Waals surface area contributed by atoms with E-state index in [1.807, 2.05) is 20.0 Å². The average Bonchev–Trinajstić information content (AvgIpc) is 3.29. The molecule has 0 aliphatic heterocycles. The molecule has 162 valence electrons. The summed E-state index contributed by atoms with van der Waals surface area (Å²) in [5.74, 6) is -1.27. The van der Waals surface area contributed by atoms with E-state index in [0.717, 1.165) is 45.6 Å². The zero-order valence-electron chi connectivity index (χ0n) is 17.7. The third-order valence-corrected chi connectivity index (χ3v) is 6.31. The van der Waals surface area contributed by atoms with Gasteiger partial charge in [-0.3, -0.25) is 4.90 Å². The Kier molecular flexibility index (Phi) is 4.69. The van der Waals surface area contributed by atoms with Crippen molar-refractivity contribution < 1.29 is 8.78 Å². The first kappa shape index (κ1) is 19.9. The second-order valence-corrected chi connectivity index (χ2v) is 8.72.